The minimum atomic E-state index is 0.0617. The van der Waals surface area contributed by atoms with Crippen LogP contribution in [0.5, 0.6) is 0 Å². The number of nitrogens with zero attached hydrogens (tertiary/aromatic N) is 3. The maximum atomic E-state index is 11.4. The number of hydrogen-bond donors (Lipinski definition) is 1. The third kappa shape index (κ3) is 3.32. The van der Waals surface area contributed by atoms with E-state index in [1.807, 2.05) is 13.8 Å². The molecule has 1 aromatic heterocycles. The van der Waals surface area contributed by atoms with Crippen molar-refractivity contribution in [1.82, 2.24) is 20.5 Å². The van der Waals surface area contributed by atoms with Gasteiger partial charge in [-0.25, -0.2) is 4.63 Å². The highest BCUT2D eigenvalue weighted by Crippen LogP contribution is 1.98. The lowest BCUT2D eigenvalue weighted by atomic mass is 10.3. The molecule has 0 aliphatic heterocycles. The lowest BCUT2D eigenvalue weighted by molar-refractivity contribution is -0.128. The Balaban J connectivity index is 2.28. The molecular weight excluding hydrogens is 196 g/mol. The molecule has 0 atom stereocenters. The molecule has 0 aliphatic carbocycles. The lowest BCUT2D eigenvalue weighted by Crippen LogP contribution is -2.35. The first-order valence-corrected chi connectivity index (χ1v) is 4.87. The molecule has 1 heterocycles. The molecule has 6 heteroatoms. The van der Waals surface area contributed by atoms with Crippen LogP contribution in [-0.2, 0) is 11.3 Å². The van der Waals surface area contributed by atoms with Gasteiger partial charge in [0.2, 0.25) is 5.91 Å². The molecule has 15 heavy (non-hydrogen) atoms. The minimum Gasteiger partial charge on any atom is -0.345 e. The number of hydrogen-bond acceptors (Lipinski definition) is 5. The van der Waals surface area contributed by atoms with Crippen molar-refractivity contribution >= 4 is 5.91 Å². The van der Waals surface area contributed by atoms with Crippen molar-refractivity contribution in [2.45, 2.75) is 20.4 Å². The average molecular weight is 212 g/mol. The fourth-order valence-electron chi connectivity index (χ4n) is 1.01. The first kappa shape index (κ1) is 11.6. The van der Waals surface area contributed by atoms with Crippen LogP contribution in [0.2, 0.25) is 0 Å². The van der Waals surface area contributed by atoms with Crippen molar-refractivity contribution < 1.29 is 9.42 Å². The van der Waals surface area contributed by atoms with Crippen LogP contribution in [-0.4, -0.2) is 41.3 Å². The topological polar surface area (TPSA) is 71.3 Å². The van der Waals surface area contributed by atoms with Gasteiger partial charge in [-0.3, -0.25) is 4.79 Å². The number of amides is 1. The van der Waals surface area contributed by atoms with Crippen molar-refractivity contribution in [3.8, 4) is 0 Å². The van der Waals surface area contributed by atoms with Crippen LogP contribution in [0.25, 0.3) is 0 Å². The Labute approximate surface area is 88.6 Å². The summed E-state index contributed by atoms with van der Waals surface area (Å²) in [5, 5.41) is 10.3. The smallest absolute Gasteiger partial charge is 0.236 e. The number of aromatic nitrogens is 2. The molecule has 6 nitrogen and oxygen atoms in total. The molecule has 0 spiro atoms. The summed E-state index contributed by atoms with van der Waals surface area (Å²) in [6.45, 7) is 5.26. The molecule has 1 aromatic rings. The Morgan fingerprint density at radius 3 is 2.80 bits per heavy atom. The first-order valence-electron chi connectivity index (χ1n) is 4.87. The van der Waals surface area contributed by atoms with E-state index in [0.717, 1.165) is 11.4 Å². The largest absolute Gasteiger partial charge is 0.345 e. The highest BCUT2D eigenvalue weighted by atomic mass is 16.6. The summed E-state index contributed by atoms with van der Waals surface area (Å²) < 4.78 is 4.54. The fraction of sp³-hybridized carbons (Fsp3) is 0.667. The van der Waals surface area contributed by atoms with Crippen LogP contribution >= 0.6 is 0 Å². The molecule has 0 saturated carbocycles. The monoisotopic (exact) mass is 212 g/mol. The van der Waals surface area contributed by atoms with Crippen molar-refractivity contribution in [1.29, 1.82) is 0 Å². The van der Waals surface area contributed by atoms with Crippen molar-refractivity contribution in [2.24, 2.45) is 0 Å². The molecule has 0 saturated heterocycles. The Kier molecular flexibility index (Phi) is 4.23. The molecule has 0 fully saturated rings. The summed E-state index contributed by atoms with van der Waals surface area (Å²) in [5.41, 5.74) is 1.49. The number of carbonyl (C=O) groups is 1. The maximum absolute atomic E-state index is 11.4. The lowest BCUT2D eigenvalue weighted by Gasteiger charge is -2.14. The first-order chi connectivity index (χ1) is 7.15. The van der Waals surface area contributed by atoms with Gasteiger partial charge in [-0.15, -0.1) is 0 Å². The third-order valence-corrected chi connectivity index (χ3v) is 2.22. The highest BCUT2D eigenvalue weighted by Gasteiger charge is 2.08. The number of rotatable bonds is 5. The Morgan fingerprint density at radius 2 is 2.27 bits per heavy atom. The second-order valence-electron chi connectivity index (χ2n) is 3.31. The van der Waals surface area contributed by atoms with Gasteiger partial charge < -0.3 is 10.2 Å². The quantitative estimate of drug-likeness (QED) is 0.740. The van der Waals surface area contributed by atoms with Crippen molar-refractivity contribution in [3.63, 3.8) is 0 Å². The van der Waals surface area contributed by atoms with E-state index in [2.05, 4.69) is 20.3 Å². The van der Waals surface area contributed by atoms with Crippen LogP contribution in [0.15, 0.2) is 4.63 Å². The average Bonchev–Trinajstić information content (AvgIpc) is 2.63. The zero-order valence-corrected chi connectivity index (χ0v) is 9.28. The number of aryl methyl sites for hydroxylation is 1. The summed E-state index contributed by atoms with van der Waals surface area (Å²) in [5.74, 6) is 0.0617. The van der Waals surface area contributed by atoms with Gasteiger partial charge in [-0.1, -0.05) is 10.3 Å². The van der Waals surface area contributed by atoms with Gasteiger partial charge in [0, 0.05) is 20.1 Å². The molecule has 0 unspecified atom stereocenters. The molecule has 0 radical (unpaired) electrons. The minimum absolute atomic E-state index is 0.0617. The molecule has 0 bridgehead atoms. The predicted molar refractivity (Wildman–Crippen MR) is 54.1 cm³/mol. The number of likely N-dealkylation sites (N-methyl/N-ethyl adjacent to an activating group) is 1. The number of carbonyl (C=O) groups excluding carboxylic acids is 1. The van der Waals surface area contributed by atoms with E-state index in [1.54, 1.807) is 11.9 Å². The van der Waals surface area contributed by atoms with Gasteiger partial charge in [-0.2, -0.15) is 0 Å². The highest BCUT2D eigenvalue weighted by molar-refractivity contribution is 5.77. The van der Waals surface area contributed by atoms with E-state index in [1.165, 1.54) is 0 Å². The Bertz CT molecular complexity index is 324. The van der Waals surface area contributed by atoms with Gasteiger partial charge in [0.05, 0.1) is 6.54 Å². The van der Waals surface area contributed by atoms with E-state index in [-0.39, 0.29) is 5.91 Å². The summed E-state index contributed by atoms with van der Waals surface area (Å²) in [4.78, 5) is 13.0. The second kappa shape index (κ2) is 5.45. The van der Waals surface area contributed by atoms with Gasteiger partial charge in [0.25, 0.3) is 0 Å². The van der Waals surface area contributed by atoms with Crippen LogP contribution in [0, 0.1) is 6.92 Å². The molecule has 1 rings (SSSR count). The van der Waals surface area contributed by atoms with Crippen LogP contribution in [0.1, 0.15) is 18.3 Å². The number of nitrogens with one attached hydrogen (secondary N) is 1. The normalized spacial score (nSPS) is 10.3. The summed E-state index contributed by atoms with van der Waals surface area (Å²) in [6.07, 6.45) is 0. The van der Waals surface area contributed by atoms with Crippen LogP contribution < -0.4 is 5.32 Å². The summed E-state index contributed by atoms with van der Waals surface area (Å²) >= 11 is 0. The third-order valence-electron chi connectivity index (χ3n) is 2.22. The van der Waals surface area contributed by atoms with Gasteiger partial charge in [0.15, 0.2) is 0 Å². The molecule has 1 N–H and O–H groups in total. The molecule has 0 aromatic carbocycles. The maximum Gasteiger partial charge on any atom is 0.236 e. The van der Waals surface area contributed by atoms with E-state index >= 15 is 0 Å². The standard InChI is InChI=1S/C9H16N4O2/c1-4-13(3)9(14)6-10-5-8-7(2)11-15-12-8/h10H,4-6H2,1-3H3. The molecule has 1 amide bonds. The predicted octanol–water partition coefficient (Wildman–Crippen LogP) is -0.0541. The van der Waals surface area contributed by atoms with Gasteiger partial charge in [-0.05, 0) is 13.8 Å². The molecular formula is C9H16N4O2. The van der Waals surface area contributed by atoms with E-state index < -0.39 is 0 Å². The van der Waals surface area contributed by atoms with Crippen LogP contribution in [0.4, 0.5) is 0 Å². The summed E-state index contributed by atoms with van der Waals surface area (Å²) in [6, 6.07) is 0. The van der Waals surface area contributed by atoms with Gasteiger partial charge in [0.1, 0.15) is 11.4 Å². The summed E-state index contributed by atoms with van der Waals surface area (Å²) in [7, 11) is 1.77. The van der Waals surface area contributed by atoms with Crippen molar-refractivity contribution in [2.75, 3.05) is 20.1 Å². The zero-order chi connectivity index (χ0) is 11.3. The molecule has 0 aliphatic rings. The SMILES string of the molecule is CCN(C)C(=O)CNCc1nonc1C. The van der Waals surface area contributed by atoms with E-state index in [0.29, 0.717) is 19.6 Å². The van der Waals surface area contributed by atoms with E-state index in [9.17, 15) is 4.79 Å². The zero-order valence-electron chi connectivity index (χ0n) is 9.28. The van der Waals surface area contributed by atoms with E-state index in [4.69, 9.17) is 0 Å². The van der Waals surface area contributed by atoms with Crippen LogP contribution in [0.3, 0.4) is 0 Å². The second-order valence-corrected chi connectivity index (χ2v) is 3.31. The Hall–Kier alpha value is -1.43. The molecule has 84 valence electrons. The Morgan fingerprint density at radius 1 is 1.53 bits per heavy atom. The fourth-order valence-corrected chi connectivity index (χ4v) is 1.01. The van der Waals surface area contributed by atoms with Crippen molar-refractivity contribution in [3.05, 3.63) is 11.4 Å². The van der Waals surface area contributed by atoms with Gasteiger partial charge >= 0.3 is 0 Å².